The number of aliphatic carboxylic acids is 1. The molecule has 0 aliphatic rings. The quantitative estimate of drug-likeness (QED) is 0.528. The Bertz CT molecular complexity index is 752. The lowest BCUT2D eigenvalue weighted by molar-refractivity contribution is -0.142. The molecule has 8 heteroatoms. The first kappa shape index (κ1) is 20.1. The summed E-state index contributed by atoms with van der Waals surface area (Å²) in [5.41, 5.74) is 1.25. The minimum atomic E-state index is -1.08. The molecule has 142 valence electrons. The molecule has 2 aromatic rings. The fourth-order valence-corrected chi connectivity index (χ4v) is 2.33. The topological polar surface area (TPSA) is 118 Å². The Morgan fingerprint density at radius 2 is 1.89 bits per heavy atom. The molecule has 2 rings (SSSR count). The zero-order chi connectivity index (χ0) is 19.5. The molecule has 1 atom stereocenters. The third kappa shape index (κ3) is 7.25. The van der Waals surface area contributed by atoms with Gasteiger partial charge in [-0.15, -0.1) is 0 Å². The maximum atomic E-state index is 12.5. The van der Waals surface area contributed by atoms with Gasteiger partial charge in [0.25, 0.3) is 5.91 Å². The van der Waals surface area contributed by atoms with Gasteiger partial charge in [0.15, 0.2) is 0 Å². The molecular formula is C19H21N3O5. The van der Waals surface area contributed by atoms with Crippen molar-refractivity contribution in [3.63, 3.8) is 0 Å². The van der Waals surface area contributed by atoms with E-state index in [2.05, 4.69) is 15.6 Å². The van der Waals surface area contributed by atoms with E-state index < -0.39 is 24.5 Å². The van der Waals surface area contributed by atoms with Gasteiger partial charge >= 0.3 is 5.97 Å². The molecule has 0 fully saturated rings. The number of carbonyl (C=O) groups is 3. The number of nitrogens with zero attached hydrogens (tertiary/aromatic N) is 1. The van der Waals surface area contributed by atoms with Gasteiger partial charge in [0.1, 0.15) is 12.6 Å². The molecule has 3 N–H and O–H groups in total. The second-order valence-electron chi connectivity index (χ2n) is 5.69. The molecule has 0 saturated carbocycles. The van der Waals surface area contributed by atoms with E-state index in [-0.39, 0.29) is 19.1 Å². The van der Waals surface area contributed by atoms with Gasteiger partial charge in [0.2, 0.25) is 5.91 Å². The van der Waals surface area contributed by atoms with E-state index in [1.165, 1.54) is 6.20 Å². The van der Waals surface area contributed by atoms with Gasteiger partial charge in [-0.2, -0.15) is 0 Å². The Morgan fingerprint density at radius 3 is 2.56 bits per heavy atom. The van der Waals surface area contributed by atoms with Crippen LogP contribution >= 0.6 is 0 Å². The Morgan fingerprint density at radius 1 is 1.11 bits per heavy atom. The minimum absolute atomic E-state index is 0.0622. The van der Waals surface area contributed by atoms with Gasteiger partial charge in [0, 0.05) is 25.4 Å². The molecule has 1 aromatic carbocycles. The van der Waals surface area contributed by atoms with Crippen LogP contribution in [0.5, 0.6) is 0 Å². The van der Waals surface area contributed by atoms with Gasteiger partial charge < -0.3 is 20.5 Å². The van der Waals surface area contributed by atoms with Crippen molar-refractivity contribution in [3.8, 4) is 0 Å². The van der Waals surface area contributed by atoms with E-state index in [0.29, 0.717) is 12.0 Å². The summed E-state index contributed by atoms with van der Waals surface area (Å²) in [6.07, 6.45) is 3.29. The van der Waals surface area contributed by atoms with Crippen molar-refractivity contribution >= 4 is 17.8 Å². The van der Waals surface area contributed by atoms with Crippen LogP contribution in [0.3, 0.4) is 0 Å². The Balaban J connectivity index is 1.97. The van der Waals surface area contributed by atoms with Crippen molar-refractivity contribution in [1.29, 1.82) is 0 Å². The van der Waals surface area contributed by atoms with Gasteiger partial charge in [-0.05, 0) is 17.7 Å². The fourth-order valence-electron chi connectivity index (χ4n) is 2.33. The second-order valence-corrected chi connectivity index (χ2v) is 5.69. The molecule has 0 saturated heterocycles. The zero-order valence-corrected chi connectivity index (χ0v) is 14.6. The van der Waals surface area contributed by atoms with Crippen LogP contribution in [0.15, 0.2) is 54.9 Å². The molecular weight excluding hydrogens is 350 g/mol. The van der Waals surface area contributed by atoms with Crippen molar-refractivity contribution in [2.24, 2.45) is 0 Å². The number of carboxylic acid groups (broad SMARTS) is 1. The Labute approximate surface area is 156 Å². The second kappa shape index (κ2) is 10.7. The Hall–Kier alpha value is -3.26. The van der Waals surface area contributed by atoms with E-state index in [1.807, 2.05) is 30.3 Å². The first-order valence-electron chi connectivity index (χ1n) is 8.38. The summed E-state index contributed by atoms with van der Waals surface area (Å²) in [7, 11) is 0. The molecule has 0 spiro atoms. The van der Waals surface area contributed by atoms with E-state index >= 15 is 0 Å². The standard InChI is InChI=1S/C19H21N3O5/c23-17(24)13-27-10-9-21-19(26)16(11-14-5-2-1-3-6-14)22-18(25)15-7-4-8-20-12-15/h1-8,12,16H,9-11,13H2,(H,21,26)(H,22,25)(H,23,24). The number of nitrogens with one attached hydrogen (secondary N) is 2. The summed E-state index contributed by atoms with van der Waals surface area (Å²) < 4.78 is 4.88. The van der Waals surface area contributed by atoms with Crippen LogP contribution in [0, 0.1) is 0 Å². The summed E-state index contributed by atoms with van der Waals surface area (Å²) in [4.78, 5) is 39.2. The summed E-state index contributed by atoms with van der Waals surface area (Å²) in [5, 5.41) is 13.9. The fraction of sp³-hybridized carbons (Fsp3) is 0.263. The van der Waals surface area contributed by atoms with E-state index in [9.17, 15) is 14.4 Å². The number of hydrogen-bond donors (Lipinski definition) is 3. The molecule has 2 amide bonds. The van der Waals surface area contributed by atoms with Gasteiger partial charge in [-0.1, -0.05) is 30.3 Å². The molecule has 0 aliphatic carbocycles. The van der Waals surface area contributed by atoms with Crippen LogP contribution < -0.4 is 10.6 Å². The van der Waals surface area contributed by atoms with Gasteiger partial charge in [0.05, 0.1) is 12.2 Å². The maximum Gasteiger partial charge on any atom is 0.329 e. The summed E-state index contributed by atoms with van der Waals surface area (Å²) in [6.45, 7) is -0.228. The van der Waals surface area contributed by atoms with Crippen molar-refractivity contribution in [3.05, 3.63) is 66.0 Å². The van der Waals surface area contributed by atoms with Gasteiger partial charge in [-0.3, -0.25) is 14.6 Å². The number of carboxylic acids is 1. The van der Waals surface area contributed by atoms with Crippen LogP contribution in [0.1, 0.15) is 15.9 Å². The highest BCUT2D eigenvalue weighted by molar-refractivity contribution is 5.97. The number of hydrogen-bond acceptors (Lipinski definition) is 5. The number of ether oxygens (including phenoxy) is 1. The van der Waals surface area contributed by atoms with Crippen LogP contribution in [0.2, 0.25) is 0 Å². The van der Waals surface area contributed by atoms with Gasteiger partial charge in [-0.25, -0.2) is 4.79 Å². The SMILES string of the molecule is O=C(O)COCCNC(=O)C(Cc1ccccc1)NC(=O)c1cccnc1. The molecule has 8 nitrogen and oxygen atoms in total. The van der Waals surface area contributed by atoms with Crippen LogP contribution in [0.4, 0.5) is 0 Å². The van der Waals surface area contributed by atoms with Crippen molar-refractivity contribution in [2.75, 3.05) is 19.8 Å². The lowest BCUT2D eigenvalue weighted by Crippen LogP contribution is -2.48. The predicted molar refractivity (Wildman–Crippen MR) is 97.1 cm³/mol. The Kier molecular flexibility index (Phi) is 7.92. The number of carbonyl (C=O) groups excluding carboxylic acids is 2. The largest absolute Gasteiger partial charge is 0.480 e. The summed E-state index contributed by atoms with van der Waals surface area (Å²) >= 11 is 0. The van der Waals surface area contributed by atoms with Crippen molar-refractivity contribution in [1.82, 2.24) is 15.6 Å². The lowest BCUT2D eigenvalue weighted by Gasteiger charge is -2.18. The van der Waals surface area contributed by atoms with Crippen molar-refractivity contribution in [2.45, 2.75) is 12.5 Å². The number of aromatic nitrogens is 1. The molecule has 0 aliphatic heterocycles. The zero-order valence-electron chi connectivity index (χ0n) is 14.6. The lowest BCUT2D eigenvalue weighted by atomic mass is 10.0. The molecule has 1 unspecified atom stereocenters. The highest BCUT2D eigenvalue weighted by atomic mass is 16.5. The average molecular weight is 371 g/mol. The molecule has 0 radical (unpaired) electrons. The monoisotopic (exact) mass is 371 g/mol. The first-order chi connectivity index (χ1) is 13.1. The number of benzene rings is 1. The van der Waals surface area contributed by atoms with Crippen LogP contribution in [-0.4, -0.2) is 53.7 Å². The van der Waals surface area contributed by atoms with E-state index in [4.69, 9.17) is 9.84 Å². The van der Waals surface area contributed by atoms with E-state index in [1.54, 1.807) is 18.3 Å². The molecule has 27 heavy (non-hydrogen) atoms. The highest BCUT2D eigenvalue weighted by Crippen LogP contribution is 2.05. The van der Waals surface area contributed by atoms with E-state index in [0.717, 1.165) is 5.56 Å². The number of pyridine rings is 1. The third-order valence-electron chi connectivity index (χ3n) is 3.60. The number of rotatable bonds is 10. The minimum Gasteiger partial charge on any atom is -0.480 e. The van der Waals surface area contributed by atoms with Crippen LogP contribution in [0.25, 0.3) is 0 Å². The number of amides is 2. The highest BCUT2D eigenvalue weighted by Gasteiger charge is 2.21. The first-order valence-corrected chi connectivity index (χ1v) is 8.38. The molecule has 0 bridgehead atoms. The molecule has 1 aromatic heterocycles. The maximum absolute atomic E-state index is 12.5. The predicted octanol–water partition coefficient (Wildman–Crippen LogP) is 0.640. The average Bonchev–Trinajstić information content (AvgIpc) is 2.68. The molecule has 1 heterocycles. The third-order valence-corrected chi connectivity index (χ3v) is 3.60. The summed E-state index contributed by atoms with van der Waals surface area (Å²) in [5.74, 6) is -1.86. The smallest absolute Gasteiger partial charge is 0.329 e. The normalized spacial score (nSPS) is 11.4. The van der Waals surface area contributed by atoms with Crippen molar-refractivity contribution < 1.29 is 24.2 Å². The summed E-state index contributed by atoms with van der Waals surface area (Å²) in [6, 6.07) is 11.8. The van der Waals surface area contributed by atoms with Crippen LogP contribution in [-0.2, 0) is 20.7 Å².